The van der Waals surface area contributed by atoms with Crippen LogP contribution in [0.2, 0.25) is 10.0 Å². The fourth-order valence-electron chi connectivity index (χ4n) is 4.26. The van der Waals surface area contributed by atoms with Crippen LogP contribution in [0.15, 0.2) is 64.5 Å². The van der Waals surface area contributed by atoms with Crippen molar-refractivity contribution in [3.8, 4) is 5.75 Å². The number of methoxy groups -OCH3 is 1. The summed E-state index contributed by atoms with van der Waals surface area (Å²) in [6.07, 6.45) is 7.38. The molecule has 2 aromatic carbocycles. The standard InChI is InChI=1S/C32H37Cl2N3O5/c1-4-6-8-22(5-2)21-41-32(39)42-36-30(35)25-14-11-23(12-15-25)17-18-37-29(27(33)20-28(34)31(37)38)16-13-24-9-7-10-26(19-24)40-3/h7,9-16,19-20,22H,4-6,8,17-18,21H2,1-3H3,(H2,35,36)/b16-13+. The normalized spacial score (nSPS) is 12.4. The Bertz CT molecular complexity index is 1450. The van der Waals surface area contributed by atoms with Crippen LogP contribution in [0, 0.1) is 5.92 Å². The zero-order chi connectivity index (χ0) is 30.5. The Balaban J connectivity index is 1.65. The quantitative estimate of drug-likeness (QED) is 0.0661. The van der Waals surface area contributed by atoms with E-state index in [4.69, 9.17) is 43.2 Å². The molecule has 1 heterocycles. The molecule has 224 valence electrons. The van der Waals surface area contributed by atoms with Crippen molar-refractivity contribution in [2.45, 2.75) is 52.5 Å². The first kappa shape index (κ1) is 32.8. The summed E-state index contributed by atoms with van der Waals surface area (Å²) < 4.78 is 12.0. The predicted octanol–water partition coefficient (Wildman–Crippen LogP) is 7.57. The Morgan fingerprint density at radius 1 is 1.07 bits per heavy atom. The number of aromatic nitrogens is 1. The van der Waals surface area contributed by atoms with Crippen LogP contribution in [-0.2, 0) is 22.5 Å². The number of hydrogen-bond acceptors (Lipinski definition) is 6. The van der Waals surface area contributed by atoms with E-state index in [0.717, 1.165) is 42.6 Å². The van der Waals surface area contributed by atoms with Crippen molar-refractivity contribution in [3.63, 3.8) is 0 Å². The molecule has 10 heteroatoms. The van der Waals surface area contributed by atoms with E-state index in [2.05, 4.69) is 19.0 Å². The van der Waals surface area contributed by atoms with Gasteiger partial charge in [0.2, 0.25) is 0 Å². The minimum atomic E-state index is -0.883. The minimum Gasteiger partial charge on any atom is -0.497 e. The number of benzene rings is 2. The summed E-state index contributed by atoms with van der Waals surface area (Å²) in [6, 6.07) is 16.2. The largest absolute Gasteiger partial charge is 0.535 e. The maximum absolute atomic E-state index is 12.9. The molecule has 42 heavy (non-hydrogen) atoms. The van der Waals surface area contributed by atoms with Crippen molar-refractivity contribution in [3.05, 3.63) is 97.4 Å². The van der Waals surface area contributed by atoms with Gasteiger partial charge in [0.05, 0.1) is 24.4 Å². The van der Waals surface area contributed by atoms with E-state index in [0.29, 0.717) is 41.8 Å². The van der Waals surface area contributed by atoms with Crippen LogP contribution in [0.1, 0.15) is 61.9 Å². The monoisotopic (exact) mass is 613 g/mol. The molecule has 8 nitrogen and oxygen atoms in total. The van der Waals surface area contributed by atoms with E-state index in [1.54, 1.807) is 29.9 Å². The number of pyridine rings is 1. The van der Waals surface area contributed by atoms with Gasteiger partial charge >= 0.3 is 6.16 Å². The third-order valence-corrected chi connectivity index (χ3v) is 7.41. The summed E-state index contributed by atoms with van der Waals surface area (Å²) in [5.74, 6) is 1.06. The number of ether oxygens (including phenoxy) is 2. The van der Waals surface area contributed by atoms with Gasteiger partial charge in [0, 0.05) is 12.1 Å². The molecule has 0 saturated heterocycles. The summed E-state index contributed by atoms with van der Waals surface area (Å²) in [6.45, 7) is 4.82. The van der Waals surface area contributed by atoms with Gasteiger partial charge in [-0.05, 0) is 54.2 Å². The van der Waals surface area contributed by atoms with E-state index in [1.165, 1.54) is 6.07 Å². The Labute approximate surface area is 256 Å². The third-order valence-electron chi connectivity index (χ3n) is 6.84. The van der Waals surface area contributed by atoms with Gasteiger partial charge in [-0.3, -0.25) is 9.63 Å². The smallest absolute Gasteiger partial charge is 0.497 e. The Kier molecular flexibility index (Phi) is 13.0. The van der Waals surface area contributed by atoms with Crippen molar-refractivity contribution in [2.75, 3.05) is 13.7 Å². The number of unbranched alkanes of at least 4 members (excludes halogenated alkanes) is 1. The molecule has 0 bridgehead atoms. The highest BCUT2D eigenvalue weighted by Crippen LogP contribution is 2.22. The number of rotatable bonds is 14. The lowest BCUT2D eigenvalue weighted by molar-refractivity contribution is 0.0443. The van der Waals surface area contributed by atoms with Gasteiger partial charge in [0.1, 0.15) is 10.8 Å². The van der Waals surface area contributed by atoms with E-state index >= 15 is 0 Å². The lowest BCUT2D eigenvalue weighted by Gasteiger charge is -2.13. The Morgan fingerprint density at radius 3 is 2.52 bits per heavy atom. The van der Waals surface area contributed by atoms with E-state index in [1.807, 2.05) is 42.5 Å². The number of hydrogen-bond donors (Lipinski definition) is 1. The molecule has 0 saturated carbocycles. The summed E-state index contributed by atoms with van der Waals surface area (Å²) in [5.41, 5.74) is 8.62. The number of carbonyl (C=O) groups is 1. The summed E-state index contributed by atoms with van der Waals surface area (Å²) in [7, 11) is 1.60. The molecular formula is C32H37Cl2N3O5. The number of aryl methyl sites for hydroxylation is 1. The van der Waals surface area contributed by atoms with E-state index in [-0.39, 0.29) is 16.4 Å². The molecule has 0 fully saturated rings. The second-order valence-corrected chi connectivity index (χ2v) is 10.6. The lowest BCUT2D eigenvalue weighted by Crippen LogP contribution is -2.24. The zero-order valence-corrected chi connectivity index (χ0v) is 25.7. The van der Waals surface area contributed by atoms with Crippen LogP contribution in [-0.4, -0.2) is 30.3 Å². The first-order chi connectivity index (χ1) is 20.2. The molecule has 1 unspecified atom stereocenters. The number of halogens is 2. The SMILES string of the molecule is CCCCC(CC)COC(=O)ON=C(N)c1ccc(CCn2c(/C=C/c3cccc(OC)c3)c(Cl)cc(Cl)c2=O)cc1. The summed E-state index contributed by atoms with van der Waals surface area (Å²) in [5, 5.41) is 4.12. The van der Waals surface area contributed by atoms with Crippen molar-refractivity contribution in [1.29, 1.82) is 0 Å². The number of amidine groups is 1. The van der Waals surface area contributed by atoms with Gasteiger partial charge in [-0.25, -0.2) is 4.79 Å². The second kappa shape index (κ2) is 16.6. The fourth-order valence-corrected chi connectivity index (χ4v) is 4.80. The highest BCUT2D eigenvalue weighted by molar-refractivity contribution is 6.35. The first-order valence-corrected chi connectivity index (χ1v) is 14.7. The molecule has 0 aliphatic carbocycles. The van der Waals surface area contributed by atoms with E-state index < -0.39 is 6.16 Å². The average molecular weight is 615 g/mol. The van der Waals surface area contributed by atoms with Crippen LogP contribution in [0.25, 0.3) is 12.2 Å². The van der Waals surface area contributed by atoms with Crippen molar-refractivity contribution < 1.29 is 19.1 Å². The number of nitrogens with zero attached hydrogens (tertiary/aromatic N) is 2. The molecule has 1 aromatic heterocycles. The topological polar surface area (TPSA) is 105 Å². The number of oxime groups is 1. The molecular weight excluding hydrogens is 577 g/mol. The van der Waals surface area contributed by atoms with Crippen LogP contribution in [0.3, 0.4) is 0 Å². The van der Waals surface area contributed by atoms with Crippen LogP contribution >= 0.6 is 23.2 Å². The Morgan fingerprint density at radius 2 is 1.83 bits per heavy atom. The van der Waals surface area contributed by atoms with Crippen LogP contribution in [0.5, 0.6) is 5.75 Å². The molecule has 3 rings (SSSR count). The van der Waals surface area contributed by atoms with Gasteiger partial charge in [-0.15, -0.1) is 0 Å². The fraction of sp³-hybridized carbons (Fsp3) is 0.344. The summed E-state index contributed by atoms with van der Waals surface area (Å²) in [4.78, 5) is 29.7. The molecule has 0 aliphatic rings. The molecule has 1 atom stereocenters. The highest BCUT2D eigenvalue weighted by Gasteiger charge is 2.13. The lowest BCUT2D eigenvalue weighted by atomic mass is 10.0. The van der Waals surface area contributed by atoms with E-state index in [9.17, 15) is 9.59 Å². The van der Waals surface area contributed by atoms with Gasteiger partial charge < -0.3 is 19.8 Å². The Hall–Kier alpha value is -3.75. The van der Waals surface area contributed by atoms with Crippen LogP contribution < -0.4 is 16.0 Å². The predicted molar refractivity (Wildman–Crippen MR) is 169 cm³/mol. The maximum atomic E-state index is 12.9. The van der Waals surface area contributed by atoms with Gasteiger partial charge in [-0.1, -0.05) is 104 Å². The minimum absolute atomic E-state index is 0.0410. The number of nitrogens with two attached hydrogens (primary N) is 1. The molecule has 0 radical (unpaired) electrons. The average Bonchev–Trinajstić information content (AvgIpc) is 3.00. The second-order valence-electron chi connectivity index (χ2n) is 9.78. The number of carbonyl (C=O) groups excluding carboxylic acids is 1. The summed E-state index contributed by atoms with van der Waals surface area (Å²) >= 11 is 12.7. The zero-order valence-electron chi connectivity index (χ0n) is 24.1. The van der Waals surface area contributed by atoms with Crippen molar-refractivity contribution in [1.82, 2.24) is 4.57 Å². The molecule has 0 spiro atoms. The third kappa shape index (κ3) is 9.67. The van der Waals surface area contributed by atoms with Gasteiger partial charge in [0.15, 0.2) is 5.84 Å². The molecule has 0 amide bonds. The first-order valence-electron chi connectivity index (χ1n) is 13.9. The van der Waals surface area contributed by atoms with Crippen molar-refractivity contribution in [2.24, 2.45) is 16.8 Å². The maximum Gasteiger partial charge on any atom is 0.535 e. The highest BCUT2D eigenvalue weighted by atomic mass is 35.5. The molecule has 2 N–H and O–H groups in total. The van der Waals surface area contributed by atoms with Crippen LogP contribution in [0.4, 0.5) is 4.79 Å². The molecule has 3 aromatic rings. The molecule has 0 aliphatic heterocycles. The van der Waals surface area contributed by atoms with Gasteiger partial charge in [0.25, 0.3) is 5.56 Å². The van der Waals surface area contributed by atoms with Crippen molar-refractivity contribution >= 4 is 47.3 Å². The van der Waals surface area contributed by atoms with Gasteiger partial charge in [-0.2, -0.15) is 0 Å².